The van der Waals surface area contributed by atoms with Gasteiger partial charge in [-0.2, -0.15) is 0 Å². The Balaban J connectivity index is 4.56. The van der Waals surface area contributed by atoms with Gasteiger partial charge in [0.05, 0.1) is 19.4 Å². The van der Waals surface area contributed by atoms with Crippen LogP contribution in [0.5, 0.6) is 0 Å². The van der Waals surface area contributed by atoms with E-state index in [0.717, 1.165) is 51.4 Å². The van der Waals surface area contributed by atoms with E-state index in [1.54, 1.807) is 6.92 Å². The summed E-state index contributed by atoms with van der Waals surface area (Å²) in [6, 6.07) is 0. The highest BCUT2D eigenvalue weighted by atomic mass is 16.5. The second-order valence-electron chi connectivity index (χ2n) is 8.03. The number of hydrogen-bond donors (Lipinski definition) is 1. The zero-order valence-corrected chi connectivity index (χ0v) is 18.8. The van der Waals surface area contributed by atoms with Gasteiger partial charge in [-0.25, -0.2) is 0 Å². The Morgan fingerprint density at radius 3 is 2.17 bits per heavy atom. The number of methoxy groups -OCH3 is 1. The van der Waals surface area contributed by atoms with Crippen molar-refractivity contribution >= 4 is 17.7 Å². The molecule has 29 heavy (non-hydrogen) atoms. The number of esters is 1. The molecule has 0 aromatic rings. The van der Waals surface area contributed by atoms with Crippen molar-refractivity contribution < 1.29 is 24.2 Å². The Morgan fingerprint density at radius 1 is 0.931 bits per heavy atom. The van der Waals surface area contributed by atoms with Crippen molar-refractivity contribution in [2.45, 2.75) is 104 Å². The number of carbonyl (C=O) groups is 3. The van der Waals surface area contributed by atoms with Crippen molar-refractivity contribution in [3.63, 3.8) is 0 Å². The SMILES string of the molecule is CCCCCCCCC(/C=C/CCCCCCC(C)=O)C(CC(=O)OC)C(=O)O. The van der Waals surface area contributed by atoms with E-state index in [9.17, 15) is 19.5 Å². The maximum absolute atomic E-state index is 11.8. The van der Waals surface area contributed by atoms with Gasteiger partial charge in [-0.3, -0.25) is 9.59 Å². The van der Waals surface area contributed by atoms with Crippen LogP contribution in [0.15, 0.2) is 12.2 Å². The lowest BCUT2D eigenvalue weighted by atomic mass is 9.84. The minimum atomic E-state index is -0.930. The van der Waals surface area contributed by atoms with Gasteiger partial charge in [0.1, 0.15) is 5.78 Å². The molecule has 0 rings (SSSR count). The smallest absolute Gasteiger partial charge is 0.307 e. The maximum Gasteiger partial charge on any atom is 0.307 e. The molecule has 5 nitrogen and oxygen atoms in total. The number of ether oxygens (including phenoxy) is 1. The fourth-order valence-corrected chi connectivity index (χ4v) is 3.54. The van der Waals surface area contributed by atoms with Crippen LogP contribution in [0.4, 0.5) is 0 Å². The number of hydrogen-bond acceptors (Lipinski definition) is 4. The zero-order chi connectivity index (χ0) is 21.9. The van der Waals surface area contributed by atoms with Crippen LogP contribution in [-0.2, 0) is 19.1 Å². The normalized spacial score (nSPS) is 13.3. The average Bonchev–Trinajstić information content (AvgIpc) is 2.68. The van der Waals surface area contributed by atoms with Crippen LogP contribution in [0.2, 0.25) is 0 Å². The van der Waals surface area contributed by atoms with Crippen molar-refractivity contribution in [3.05, 3.63) is 12.2 Å². The van der Waals surface area contributed by atoms with Crippen LogP contribution in [0.1, 0.15) is 104 Å². The minimum absolute atomic E-state index is 0.0816. The predicted molar refractivity (Wildman–Crippen MR) is 117 cm³/mol. The number of carbonyl (C=O) groups excluding carboxylic acids is 2. The van der Waals surface area contributed by atoms with Gasteiger partial charge in [-0.05, 0) is 38.5 Å². The molecule has 0 saturated carbocycles. The number of rotatable bonds is 19. The molecule has 0 aliphatic heterocycles. The van der Waals surface area contributed by atoms with E-state index in [0.29, 0.717) is 6.42 Å². The number of carboxylic acids is 1. The molecular weight excluding hydrogens is 368 g/mol. The number of Topliss-reactive ketones (excluding diaryl/α,β-unsaturated/α-hetero) is 1. The first-order valence-corrected chi connectivity index (χ1v) is 11.4. The van der Waals surface area contributed by atoms with Crippen LogP contribution in [0.3, 0.4) is 0 Å². The first-order valence-electron chi connectivity index (χ1n) is 11.4. The lowest BCUT2D eigenvalue weighted by molar-refractivity contribution is -0.151. The summed E-state index contributed by atoms with van der Waals surface area (Å²) < 4.78 is 4.70. The predicted octanol–water partition coefficient (Wildman–Crippen LogP) is 6.10. The lowest BCUT2D eigenvalue weighted by Gasteiger charge is -2.20. The van der Waals surface area contributed by atoms with E-state index in [2.05, 4.69) is 13.0 Å². The Labute approximate surface area is 177 Å². The van der Waals surface area contributed by atoms with E-state index in [-0.39, 0.29) is 18.1 Å². The van der Waals surface area contributed by atoms with Gasteiger partial charge in [0.15, 0.2) is 0 Å². The number of carboxylic acid groups (broad SMARTS) is 1. The monoisotopic (exact) mass is 410 g/mol. The third kappa shape index (κ3) is 15.9. The summed E-state index contributed by atoms with van der Waals surface area (Å²) in [6.07, 6.45) is 17.4. The summed E-state index contributed by atoms with van der Waals surface area (Å²) in [4.78, 5) is 34.4. The van der Waals surface area contributed by atoms with E-state index in [4.69, 9.17) is 4.74 Å². The van der Waals surface area contributed by atoms with Gasteiger partial charge < -0.3 is 14.6 Å². The third-order valence-corrected chi connectivity index (χ3v) is 5.37. The van der Waals surface area contributed by atoms with Gasteiger partial charge >= 0.3 is 11.9 Å². The summed E-state index contributed by atoms with van der Waals surface area (Å²) in [6.45, 7) is 3.81. The van der Waals surface area contributed by atoms with Crippen LogP contribution >= 0.6 is 0 Å². The first-order chi connectivity index (χ1) is 13.9. The molecule has 5 heteroatoms. The van der Waals surface area contributed by atoms with Crippen LogP contribution in [0.25, 0.3) is 0 Å². The molecule has 0 spiro atoms. The van der Waals surface area contributed by atoms with E-state index in [1.165, 1.54) is 32.8 Å². The lowest BCUT2D eigenvalue weighted by Crippen LogP contribution is -2.26. The highest BCUT2D eigenvalue weighted by Gasteiger charge is 2.28. The van der Waals surface area contributed by atoms with Gasteiger partial charge in [0.25, 0.3) is 0 Å². The first kappa shape index (κ1) is 27.4. The standard InChI is InChI=1S/C24H42O5/c1-4-5-6-7-11-14-17-21(22(24(27)28)19-23(26)29-3)18-15-12-9-8-10-13-16-20(2)25/h15,18,21-22H,4-14,16-17,19H2,1-3H3,(H,27,28)/b18-15+. The molecule has 1 N–H and O–H groups in total. The Kier molecular flexibility index (Phi) is 17.3. The second-order valence-corrected chi connectivity index (χ2v) is 8.03. The molecule has 2 unspecified atom stereocenters. The highest BCUT2D eigenvalue weighted by molar-refractivity contribution is 5.79. The molecular formula is C24H42O5. The average molecular weight is 411 g/mol. The molecule has 0 aromatic heterocycles. The molecule has 0 aliphatic rings. The van der Waals surface area contributed by atoms with Crippen molar-refractivity contribution in [1.29, 1.82) is 0 Å². The van der Waals surface area contributed by atoms with Gasteiger partial charge in [-0.15, -0.1) is 0 Å². The van der Waals surface area contributed by atoms with Gasteiger partial charge in [0.2, 0.25) is 0 Å². The highest BCUT2D eigenvalue weighted by Crippen LogP contribution is 2.26. The maximum atomic E-state index is 11.8. The summed E-state index contributed by atoms with van der Waals surface area (Å²) in [5.41, 5.74) is 0. The molecule has 0 aromatic carbocycles. The number of unbranched alkanes of at least 4 members (excludes halogenated alkanes) is 9. The molecule has 0 saturated heterocycles. The molecule has 0 bridgehead atoms. The quantitative estimate of drug-likeness (QED) is 0.158. The minimum Gasteiger partial charge on any atom is -0.481 e. The van der Waals surface area contributed by atoms with Crippen LogP contribution < -0.4 is 0 Å². The van der Waals surface area contributed by atoms with E-state index < -0.39 is 17.9 Å². The van der Waals surface area contributed by atoms with E-state index >= 15 is 0 Å². The van der Waals surface area contributed by atoms with Crippen LogP contribution in [0, 0.1) is 11.8 Å². The van der Waals surface area contributed by atoms with Crippen LogP contribution in [-0.4, -0.2) is 29.9 Å². The third-order valence-electron chi connectivity index (χ3n) is 5.37. The van der Waals surface area contributed by atoms with E-state index in [1.807, 2.05) is 6.08 Å². The fourth-order valence-electron chi connectivity index (χ4n) is 3.54. The van der Waals surface area contributed by atoms with Crippen molar-refractivity contribution in [2.24, 2.45) is 11.8 Å². The molecule has 0 radical (unpaired) electrons. The molecule has 2 atom stereocenters. The Hall–Kier alpha value is -1.65. The molecule has 0 fully saturated rings. The summed E-state index contributed by atoms with van der Waals surface area (Å²) >= 11 is 0. The molecule has 168 valence electrons. The van der Waals surface area contributed by atoms with Gasteiger partial charge in [-0.1, -0.05) is 70.4 Å². The Morgan fingerprint density at radius 2 is 1.55 bits per heavy atom. The number of ketones is 1. The number of allylic oxidation sites excluding steroid dienone is 2. The zero-order valence-electron chi connectivity index (χ0n) is 18.8. The number of aliphatic carboxylic acids is 1. The van der Waals surface area contributed by atoms with Crippen molar-refractivity contribution in [2.75, 3.05) is 7.11 Å². The van der Waals surface area contributed by atoms with Crippen molar-refractivity contribution in [1.82, 2.24) is 0 Å². The van der Waals surface area contributed by atoms with Gasteiger partial charge in [0, 0.05) is 6.42 Å². The molecule has 0 amide bonds. The fraction of sp³-hybridized carbons (Fsp3) is 0.792. The molecule has 0 aliphatic carbocycles. The summed E-state index contributed by atoms with van der Waals surface area (Å²) in [7, 11) is 1.30. The summed E-state index contributed by atoms with van der Waals surface area (Å²) in [5.74, 6) is -2.03. The Bertz CT molecular complexity index is 484. The molecule has 0 heterocycles. The summed E-state index contributed by atoms with van der Waals surface area (Å²) in [5, 5.41) is 9.64. The second kappa shape index (κ2) is 18.4. The topological polar surface area (TPSA) is 80.7 Å². The largest absolute Gasteiger partial charge is 0.481 e. The van der Waals surface area contributed by atoms with Crippen molar-refractivity contribution in [3.8, 4) is 0 Å².